The summed E-state index contributed by atoms with van der Waals surface area (Å²) in [6.45, 7) is 3.29. The normalized spacial score (nSPS) is 26.9. The zero-order chi connectivity index (χ0) is 21.4. The molecule has 6 heteroatoms. The third-order valence-corrected chi connectivity index (χ3v) is 7.97. The van der Waals surface area contributed by atoms with Crippen molar-refractivity contribution in [1.29, 1.82) is 0 Å². The Hall–Kier alpha value is -1.79. The van der Waals surface area contributed by atoms with E-state index in [9.17, 15) is 14.3 Å². The fourth-order valence-electron chi connectivity index (χ4n) is 5.59. The monoisotopic (exact) mass is 428 g/mol. The molecular weight excluding hydrogens is 395 g/mol. The zero-order valence-corrected chi connectivity index (χ0v) is 18.2. The first-order valence-electron chi connectivity index (χ1n) is 12.0. The molecule has 0 radical (unpaired) electrons. The summed E-state index contributed by atoms with van der Waals surface area (Å²) in [6.07, 6.45) is 9.99. The van der Waals surface area contributed by atoms with Gasteiger partial charge in [0.25, 0.3) is 0 Å². The summed E-state index contributed by atoms with van der Waals surface area (Å²) < 4.78 is 18.7. The van der Waals surface area contributed by atoms with Gasteiger partial charge in [-0.1, -0.05) is 18.0 Å². The zero-order valence-electron chi connectivity index (χ0n) is 18.2. The van der Waals surface area contributed by atoms with Gasteiger partial charge in [-0.25, -0.2) is 4.39 Å². The molecule has 0 bridgehead atoms. The lowest BCUT2D eigenvalue weighted by Crippen LogP contribution is -2.35. The number of halogens is 1. The Bertz CT molecular complexity index is 922. The Kier molecular flexibility index (Phi) is 5.86. The summed E-state index contributed by atoms with van der Waals surface area (Å²) in [7, 11) is 0. The smallest absolute Gasteiger partial charge is 0.170 e. The van der Waals surface area contributed by atoms with Crippen LogP contribution in [-0.2, 0) is 4.79 Å². The van der Waals surface area contributed by atoms with E-state index in [1.807, 2.05) is 0 Å². The van der Waals surface area contributed by atoms with Crippen molar-refractivity contribution in [2.24, 2.45) is 11.8 Å². The third kappa shape index (κ3) is 4.70. The SMILES string of the molecule is O=C(CC1CCC(CCN2CCC(c3noc4cc(F)ccc34)CC2)CC1)C1(O)CC1. The topological polar surface area (TPSA) is 66.6 Å². The molecule has 1 aliphatic heterocycles. The second-order valence-corrected chi connectivity index (χ2v) is 10.2. The second-order valence-electron chi connectivity index (χ2n) is 10.2. The number of fused-ring (bicyclic) bond motifs is 1. The van der Waals surface area contributed by atoms with Crippen LogP contribution in [0.2, 0.25) is 0 Å². The fraction of sp³-hybridized carbons (Fsp3) is 0.680. The maximum Gasteiger partial charge on any atom is 0.170 e. The number of benzene rings is 1. The van der Waals surface area contributed by atoms with Gasteiger partial charge in [0.2, 0.25) is 0 Å². The summed E-state index contributed by atoms with van der Waals surface area (Å²) in [4.78, 5) is 14.7. The lowest BCUT2D eigenvalue weighted by molar-refractivity contribution is -0.130. The summed E-state index contributed by atoms with van der Waals surface area (Å²) >= 11 is 0. The van der Waals surface area contributed by atoms with Gasteiger partial charge in [0.1, 0.15) is 11.4 Å². The predicted molar refractivity (Wildman–Crippen MR) is 116 cm³/mol. The van der Waals surface area contributed by atoms with Crippen LogP contribution in [-0.4, -0.2) is 46.2 Å². The number of rotatable bonds is 7. The number of carbonyl (C=O) groups is 1. The van der Waals surface area contributed by atoms with Crippen LogP contribution in [0.4, 0.5) is 4.39 Å². The molecule has 168 valence electrons. The summed E-state index contributed by atoms with van der Waals surface area (Å²) in [5.41, 5.74) is 0.580. The van der Waals surface area contributed by atoms with Crippen molar-refractivity contribution < 1.29 is 18.8 Å². The van der Waals surface area contributed by atoms with E-state index in [-0.39, 0.29) is 11.6 Å². The van der Waals surface area contributed by atoms with E-state index in [4.69, 9.17) is 4.52 Å². The Labute approximate surface area is 183 Å². The molecule has 1 aromatic heterocycles. The number of nitrogens with zero attached hydrogens (tertiary/aromatic N) is 2. The van der Waals surface area contributed by atoms with Gasteiger partial charge in [0, 0.05) is 23.8 Å². The molecule has 0 unspecified atom stereocenters. The minimum atomic E-state index is -0.947. The number of hydrogen-bond donors (Lipinski definition) is 1. The Morgan fingerprint density at radius 2 is 1.84 bits per heavy atom. The van der Waals surface area contributed by atoms with Crippen LogP contribution in [0.1, 0.15) is 75.8 Å². The minimum absolute atomic E-state index is 0.0869. The van der Waals surface area contributed by atoms with Crippen LogP contribution in [0.25, 0.3) is 11.0 Å². The molecule has 1 aromatic carbocycles. The molecule has 0 atom stereocenters. The highest BCUT2D eigenvalue weighted by Crippen LogP contribution is 2.40. The Balaban J connectivity index is 1.04. The minimum Gasteiger partial charge on any atom is -0.382 e. The number of aromatic nitrogens is 1. The summed E-state index contributed by atoms with van der Waals surface area (Å²) in [6, 6.07) is 4.69. The third-order valence-electron chi connectivity index (χ3n) is 7.97. The summed E-state index contributed by atoms with van der Waals surface area (Å²) in [5.74, 6) is 1.43. The maximum atomic E-state index is 13.4. The average Bonchev–Trinajstić information content (AvgIpc) is 3.40. The number of aliphatic hydroxyl groups is 1. The molecule has 2 aliphatic carbocycles. The van der Waals surface area contributed by atoms with Crippen molar-refractivity contribution in [3.05, 3.63) is 29.7 Å². The first-order valence-corrected chi connectivity index (χ1v) is 12.0. The van der Waals surface area contributed by atoms with E-state index in [1.165, 1.54) is 31.4 Å². The molecular formula is C25H33FN2O3. The molecule has 5 rings (SSSR count). The molecule has 1 N–H and O–H groups in total. The van der Waals surface area contributed by atoms with Crippen LogP contribution in [0.5, 0.6) is 0 Å². The van der Waals surface area contributed by atoms with E-state index in [1.54, 1.807) is 6.07 Å². The first-order chi connectivity index (χ1) is 15.0. The number of piperidine rings is 1. The van der Waals surface area contributed by atoms with Crippen molar-refractivity contribution >= 4 is 16.8 Å². The molecule has 2 aromatic rings. The van der Waals surface area contributed by atoms with E-state index < -0.39 is 5.60 Å². The van der Waals surface area contributed by atoms with Gasteiger partial charge < -0.3 is 14.5 Å². The van der Waals surface area contributed by atoms with E-state index in [0.717, 1.165) is 62.3 Å². The highest BCUT2D eigenvalue weighted by atomic mass is 19.1. The van der Waals surface area contributed by atoms with Gasteiger partial charge >= 0.3 is 0 Å². The largest absolute Gasteiger partial charge is 0.382 e. The van der Waals surface area contributed by atoms with Crippen LogP contribution < -0.4 is 0 Å². The average molecular weight is 429 g/mol. The van der Waals surface area contributed by atoms with Crippen LogP contribution in [0.15, 0.2) is 22.7 Å². The molecule has 3 aliphatic rings. The quantitative estimate of drug-likeness (QED) is 0.684. The van der Waals surface area contributed by atoms with Gasteiger partial charge in [0.05, 0.1) is 5.69 Å². The lowest BCUT2D eigenvalue weighted by Gasteiger charge is -2.34. The number of carbonyl (C=O) groups excluding carboxylic acids is 1. The van der Waals surface area contributed by atoms with Gasteiger partial charge in [-0.15, -0.1) is 0 Å². The Morgan fingerprint density at radius 3 is 2.55 bits per heavy atom. The molecule has 2 saturated carbocycles. The van der Waals surface area contributed by atoms with Crippen molar-refractivity contribution in [2.75, 3.05) is 19.6 Å². The highest BCUT2D eigenvalue weighted by molar-refractivity contribution is 5.89. The number of hydrogen-bond acceptors (Lipinski definition) is 5. The molecule has 31 heavy (non-hydrogen) atoms. The second kappa shape index (κ2) is 8.62. The number of likely N-dealkylation sites (tertiary alicyclic amines) is 1. The standard InChI is InChI=1S/C25H33FN2O3/c26-20-5-6-21-22(16-20)31-27-24(21)19-8-13-28(14-9-19)12-7-17-1-3-18(4-2-17)15-23(29)25(30)10-11-25/h5-6,16-19,30H,1-4,7-15H2. The van der Waals surface area contributed by atoms with Crippen LogP contribution >= 0.6 is 0 Å². The first kappa shape index (κ1) is 21.1. The fourth-order valence-corrected chi connectivity index (χ4v) is 5.59. The van der Waals surface area contributed by atoms with Gasteiger partial charge in [-0.05, 0) is 88.5 Å². The van der Waals surface area contributed by atoms with E-state index in [0.29, 0.717) is 36.7 Å². The Morgan fingerprint density at radius 1 is 1.13 bits per heavy atom. The molecule has 3 fully saturated rings. The maximum absolute atomic E-state index is 13.4. The van der Waals surface area contributed by atoms with Gasteiger partial charge in [-0.3, -0.25) is 4.79 Å². The molecule has 1 saturated heterocycles. The predicted octanol–water partition coefficient (Wildman–Crippen LogP) is 4.83. The number of Topliss-reactive ketones (excluding diaryl/α,β-unsaturated/α-hetero) is 1. The molecule has 5 nitrogen and oxygen atoms in total. The van der Waals surface area contributed by atoms with Crippen molar-refractivity contribution in [1.82, 2.24) is 10.1 Å². The van der Waals surface area contributed by atoms with Gasteiger partial charge in [-0.2, -0.15) is 0 Å². The summed E-state index contributed by atoms with van der Waals surface area (Å²) in [5, 5.41) is 15.2. The van der Waals surface area contributed by atoms with Crippen LogP contribution in [0.3, 0.4) is 0 Å². The molecule has 0 amide bonds. The van der Waals surface area contributed by atoms with Crippen molar-refractivity contribution in [3.8, 4) is 0 Å². The van der Waals surface area contributed by atoms with E-state index in [2.05, 4.69) is 10.1 Å². The highest BCUT2D eigenvalue weighted by Gasteiger charge is 2.47. The van der Waals surface area contributed by atoms with Crippen molar-refractivity contribution in [2.45, 2.75) is 75.7 Å². The van der Waals surface area contributed by atoms with E-state index >= 15 is 0 Å². The van der Waals surface area contributed by atoms with Crippen LogP contribution in [0, 0.1) is 17.7 Å². The lowest BCUT2D eigenvalue weighted by atomic mass is 9.78. The van der Waals surface area contributed by atoms with Crippen molar-refractivity contribution in [3.63, 3.8) is 0 Å². The number of ketones is 1. The molecule has 2 heterocycles. The molecule has 0 spiro atoms. The van der Waals surface area contributed by atoms with Gasteiger partial charge in [0.15, 0.2) is 11.4 Å².